The third kappa shape index (κ3) is 4.78. The number of aldehydes is 1. The summed E-state index contributed by atoms with van der Waals surface area (Å²) in [7, 11) is 3.66. The maximum atomic E-state index is 13.7. The summed E-state index contributed by atoms with van der Waals surface area (Å²) in [6.07, 6.45) is 4.24. The fourth-order valence-electron chi connectivity index (χ4n) is 3.88. The van der Waals surface area contributed by atoms with Gasteiger partial charge in [-0.1, -0.05) is 36.7 Å². The van der Waals surface area contributed by atoms with Gasteiger partial charge in [-0.05, 0) is 30.7 Å². The molecule has 2 aromatic carbocycles. The number of benzene rings is 2. The summed E-state index contributed by atoms with van der Waals surface area (Å²) >= 11 is 6.52. The van der Waals surface area contributed by atoms with Crippen LogP contribution in [0.4, 0.5) is 11.4 Å². The van der Waals surface area contributed by atoms with E-state index in [9.17, 15) is 14.7 Å². The first-order valence-corrected chi connectivity index (χ1v) is 11.8. The van der Waals surface area contributed by atoms with Crippen molar-refractivity contribution >= 4 is 46.1 Å². The molecule has 0 aliphatic rings. The van der Waals surface area contributed by atoms with E-state index in [4.69, 9.17) is 16.3 Å². The fraction of sp³-hybridized carbons (Fsp3) is 0.222. The number of halogens is 1. The summed E-state index contributed by atoms with van der Waals surface area (Å²) in [6.45, 7) is 1.39. The molecule has 0 aliphatic carbocycles. The predicted octanol–water partition coefficient (Wildman–Crippen LogP) is 5.06. The molecule has 2 heterocycles. The first-order valence-electron chi connectivity index (χ1n) is 11.4. The SMILES string of the molecule is CCC(C=O)(CO)Nc1c(N(C)C)cnc2[nH]cc(C(=O)c3ccc(Oc4ccccc4)cc3Cl)c12. The van der Waals surface area contributed by atoms with Crippen molar-refractivity contribution in [2.75, 3.05) is 30.9 Å². The number of fused-ring (bicyclic) bond motifs is 1. The van der Waals surface area contributed by atoms with Crippen molar-refractivity contribution in [2.24, 2.45) is 0 Å². The largest absolute Gasteiger partial charge is 0.457 e. The van der Waals surface area contributed by atoms with E-state index >= 15 is 0 Å². The van der Waals surface area contributed by atoms with Gasteiger partial charge in [-0.15, -0.1) is 0 Å². The van der Waals surface area contributed by atoms with Crippen LogP contribution in [0, 0.1) is 0 Å². The van der Waals surface area contributed by atoms with Gasteiger partial charge in [-0.3, -0.25) is 4.79 Å². The van der Waals surface area contributed by atoms with Crippen LogP contribution in [0.2, 0.25) is 5.02 Å². The highest BCUT2D eigenvalue weighted by atomic mass is 35.5. The highest BCUT2D eigenvalue weighted by Crippen LogP contribution is 2.38. The molecule has 0 fully saturated rings. The number of hydrogen-bond donors (Lipinski definition) is 3. The first-order chi connectivity index (χ1) is 17.3. The third-order valence-corrected chi connectivity index (χ3v) is 6.40. The van der Waals surface area contributed by atoms with Crippen molar-refractivity contribution in [2.45, 2.75) is 18.9 Å². The Morgan fingerprint density at radius 2 is 1.94 bits per heavy atom. The lowest BCUT2D eigenvalue weighted by molar-refractivity contribution is -0.112. The molecule has 36 heavy (non-hydrogen) atoms. The number of anilines is 2. The van der Waals surface area contributed by atoms with Crippen molar-refractivity contribution in [3.05, 3.63) is 77.1 Å². The molecule has 8 nitrogen and oxygen atoms in total. The molecule has 1 unspecified atom stereocenters. The number of carbonyl (C=O) groups excluding carboxylic acids is 2. The van der Waals surface area contributed by atoms with Crippen LogP contribution < -0.4 is 15.0 Å². The lowest BCUT2D eigenvalue weighted by Gasteiger charge is -2.30. The summed E-state index contributed by atoms with van der Waals surface area (Å²) in [6, 6.07) is 14.2. The van der Waals surface area contributed by atoms with Crippen molar-refractivity contribution in [3.8, 4) is 11.5 Å². The number of aromatic amines is 1. The van der Waals surface area contributed by atoms with E-state index < -0.39 is 12.1 Å². The summed E-state index contributed by atoms with van der Waals surface area (Å²) in [5, 5.41) is 13.9. The molecule has 0 saturated heterocycles. The van der Waals surface area contributed by atoms with Gasteiger partial charge in [-0.25, -0.2) is 4.98 Å². The van der Waals surface area contributed by atoms with Crippen LogP contribution in [0.5, 0.6) is 11.5 Å². The maximum Gasteiger partial charge on any atom is 0.196 e. The molecule has 0 aliphatic heterocycles. The van der Waals surface area contributed by atoms with E-state index in [0.29, 0.717) is 57.7 Å². The molecule has 0 amide bonds. The van der Waals surface area contributed by atoms with Crippen molar-refractivity contribution < 1.29 is 19.4 Å². The fourth-order valence-corrected chi connectivity index (χ4v) is 4.14. The van der Waals surface area contributed by atoms with Crippen LogP contribution >= 0.6 is 11.6 Å². The summed E-state index contributed by atoms with van der Waals surface area (Å²) < 4.78 is 5.82. The molecule has 186 valence electrons. The van der Waals surface area contributed by atoms with Gasteiger partial charge in [0.15, 0.2) is 5.78 Å². The van der Waals surface area contributed by atoms with Crippen molar-refractivity contribution in [1.29, 1.82) is 0 Å². The summed E-state index contributed by atoms with van der Waals surface area (Å²) in [5.41, 5.74) is 1.03. The number of aromatic nitrogens is 2. The maximum absolute atomic E-state index is 13.7. The minimum Gasteiger partial charge on any atom is -0.457 e. The number of H-pyrrole nitrogens is 1. The molecule has 0 saturated carbocycles. The number of carbonyl (C=O) groups is 2. The van der Waals surface area contributed by atoms with Gasteiger partial charge in [0, 0.05) is 31.9 Å². The Morgan fingerprint density at radius 3 is 2.56 bits per heavy atom. The number of ether oxygens (including phenoxy) is 1. The number of ketones is 1. The van der Waals surface area contributed by atoms with Gasteiger partial charge in [-0.2, -0.15) is 0 Å². The zero-order valence-electron chi connectivity index (χ0n) is 20.2. The minimum atomic E-state index is -1.22. The normalized spacial score (nSPS) is 12.7. The number of aliphatic hydroxyl groups excluding tert-OH is 1. The zero-order chi connectivity index (χ0) is 25.9. The van der Waals surface area contributed by atoms with E-state index in [-0.39, 0.29) is 10.8 Å². The Bertz CT molecular complexity index is 1400. The van der Waals surface area contributed by atoms with Gasteiger partial charge in [0.2, 0.25) is 0 Å². The molecule has 4 rings (SSSR count). The van der Waals surface area contributed by atoms with Crippen LogP contribution in [0.15, 0.2) is 60.9 Å². The number of nitrogens with one attached hydrogen (secondary N) is 2. The van der Waals surface area contributed by atoms with Crippen molar-refractivity contribution in [1.82, 2.24) is 9.97 Å². The molecule has 0 bridgehead atoms. The molecule has 3 N–H and O–H groups in total. The molecule has 4 aromatic rings. The van der Waals surface area contributed by atoms with Crippen LogP contribution in [0.3, 0.4) is 0 Å². The van der Waals surface area contributed by atoms with Crippen molar-refractivity contribution in [3.63, 3.8) is 0 Å². The summed E-state index contributed by atoms with van der Waals surface area (Å²) in [5.74, 6) is 0.832. The van der Waals surface area contributed by atoms with E-state index in [1.54, 1.807) is 37.5 Å². The van der Waals surface area contributed by atoms with Crippen LogP contribution in [-0.4, -0.2) is 53.4 Å². The number of nitrogens with zero attached hydrogens (tertiary/aromatic N) is 2. The quantitative estimate of drug-likeness (QED) is 0.204. The number of para-hydroxylation sites is 1. The molecule has 9 heteroatoms. The second-order valence-corrected chi connectivity index (χ2v) is 9.04. The smallest absolute Gasteiger partial charge is 0.196 e. The number of hydrogen-bond acceptors (Lipinski definition) is 7. The van der Waals surface area contributed by atoms with Crippen LogP contribution in [0.25, 0.3) is 11.0 Å². The standard InChI is InChI=1S/C27H27ClN4O4/c1-4-27(15-33,16-34)31-24-22(32(2)3)14-30-26-23(24)20(13-29-26)25(35)19-11-10-18(12-21(19)28)36-17-8-6-5-7-9-17/h5-15,34H,4,16H2,1-3H3,(H2,29,30,31). The predicted molar refractivity (Wildman–Crippen MR) is 142 cm³/mol. The van der Waals surface area contributed by atoms with Gasteiger partial charge >= 0.3 is 0 Å². The van der Waals surface area contributed by atoms with Gasteiger partial charge in [0.05, 0.1) is 40.2 Å². The molecular formula is C27H27ClN4O4. The topological polar surface area (TPSA) is 108 Å². The summed E-state index contributed by atoms with van der Waals surface area (Å²) in [4.78, 5) is 34.9. The molecule has 2 aromatic heterocycles. The Kier molecular flexibility index (Phi) is 7.28. The highest BCUT2D eigenvalue weighted by Gasteiger charge is 2.31. The van der Waals surface area contributed by atoms with Crippen LogP contribution in [-0.2, 0) is 4.79 Å². The Labute approximate surface area is 213 Å². The van der Waals surface area contributed by atoms with Crippen LogP contribution in [0.1, 0.15) is 29.3 Å². The minimum absolute atomic E-state index is 0.236. The highest BCUT2D eigenvalue weighted by molar-refractivity contribution is 6.36. The molecular weight excluding hydrogens is 480 g/mol. The van der Waals surface area contributed by atoms with E-state index in [1.165, 1.54) is 0 Å². The zero-order valence-corrected chi connectivity index (χ0v) is 21.0. The second-order valence-electron chi connectivity index (χ2n) is 8.64. The Morgan fingerprint density at radius 1 is 1.19 bits per heavy atom. The number of pyridine rings is 1. The third-order valence-electron chi connectivity index (χ3n) is 6.08. The number of aliphatic hydroxyl groups is 1. The first kappa shape index (κ1) is 25.2. The molecule has 0 radical (unpaired) electrons. The van der Waals surface area contributed by atoms with Gasteiger partial charge < -0.3 is 29.8 Å². The average Bonchev–Trinajstić information content (AvgIpc) is 3.32. The average molecular weight is 507 g/mol. The molecule has 0 spiro atoms. The van der Waals surface area contributed by atoms with E-state index in [0.717, 1.165) is 0 Å². The van der Waals surface area contributed by atoms with Gasteiger partial charge in [0.1, 0.15) is 29.0 Å². The Hall–Kier alpha value is -3.88. The van der Waals surface area contributed by atoms with E-state index in [1.807, 2.05) is 49.3 Å². The monoisotopic (exact) mass is 506 g/mol. The number of rotatable bonds is 10. The second kappa shape index (κ2) is 10.4. The lowest BCUT2D eigenvalue weighted by Crippen LogP contribution is -2.43. The van der Waals surface area contributed by atoms with Gasteiger partial charge in [0.25, 0.3) is 0 Å². The molecule has 1 atom stereocenters. The Balaban J connectivity index is 1.79. The lowest BCUT2D eigenvalue weighted by atomic mass is 9.96. The van der Waals surface area contributed by atoms with E-state index in [2.05, 4.69) is 15.3 Å².